The fourth-order valence-electron chi connectivity index (χ4n) is 4.90. The Balaban J connectivity index is 1.60. The maximum Gasteiger partial charge on any atom is 0.433 e. The van der Waals surface area contributed by atoms with E-state index in [1.54, 1.807) is 29.2 Å². The lowest BCUT2D eigenvalue weighted by molar-refractivity contribution is -0.144. The van der Waals surface area contributed by atoms with E-state index in [0.29, 0.717) is 18.7 Å². The van der Waals surface area contributed by atoms with Crippen molar-refractivity contribution in [1.82, 2.24) is 14.9 Å². The molecule has 194 valence electrons. The summed E-state index contributed by atoms with van der Waals surface area (Å²) in [6.07, 6.45) is -7.61. The summed E-state index contributed by atoms with van der Waals surface area (Å²) >= 11 is 0. The van der Waals surface area contributed by atoms with Gasteiger partial charge in [0.15, 0.2) is 5.65 Å². The highest BCUT2D eigenvalue weighted by atomic mass is 19.4. The standard InChI is InChI=1S/C25H20F6N4O2/c26-24(27,28)17-12-19(25(29,30)31)32-22-16(17)8-9-20(33-22)35-18(13-21(36)34-10-4-1-5-11-34)14-6-2-3-7-15(14)23(35)37/h2-3,6-9,12,18H,1,4-5,10-11,13H2. The van der Waals surface area contributed by atoms with Gasteiger partial charge in [-0.2, -0.15) is 26.3 Å². The van der Waals surface area contributed by atoms with Crippen molar-refractivity contribution in [3.05, 3.63) is 64.8 Å². The third-order valence-corrected chi connectivity index (χ3v) is 6.66. The molecule has 3 aromatic rings. The van der Waals surface area contributed by atoms with Crippen LogP contribution in [0.25, 0.3) is 11.0 Å². The number of rotatable bonds is 3. The van der Waals surface area contributed by atoms with Gasteiger partial charge < -0.3 is 4.90 Å². The minimum atomic E-state index is -5.14. The van der Waals surface area contributed by atoms with E-state index in [9.17, 15) is 35.9 Å². The third-order valence-electron chi connectivity index (χ3n) is 6.66. The van der Waals surface area contributed by atoms with E-state index in [1.807, 2.05) is 0 Å². The second-order valence-electron chi connectivity index (χ2n) is 9.01. The average Bonchev–Trinajstić information content (AvgIpc) is 3.13. The number of benzene rings is 1. The molecule has 12 heteroatoms. The van der Waals surface area contributed by atoms with Gasteiger partial charge in [0.1, 0.15) is 11.5 Å². The molecule has 2 aromatic heterocycles. The van der Waals surface area contributed by atoms with Gasteiger partial charge in [0.05, 0.1) is 18.0 Å². The van der Waals surface area contributed by atoms with E-state index >= 15 is 0 Å². The quantitative estimate of drug-likeness (QED) is 0.410. The molecular formula is C25H20F6N4O2. The number of carbonyl (C=O) groups excluding carboxylic acids is 2. The largest absolute Gasteiger partial charge is 0.433 e. The van der Waals surface area contributed by atoms with Crippen molar-refractivity contribution in [3.8, 4) is 0 Å². The number of alkyl halides is 6. The van der Waals surface area contributed by atoms with Crippen LogP contribution in [-0.4, -0.2) is 39.8 Å². The van der Waals surface area contributed by atoms with E-state index in [4.69, 9.17) is 0 Å². The fourth-order valence-corrected chi connectivity index (χ4v) is 4.90. The zero-order chi connectivity index (χ0) is 26.5. The molecule has 37 heavy (non-hydrogen) atoms. The number of pyridine rings is 2. The smallest absolute Gasteiger partial charge is 0.343 e. The van der Waals surface area contributed by atoms with E-state index in [0.717, 1.165) is 36.3 Å². The number of fused-ring (bicyclic) bond motifs is 2. The van der Waals surface area contributed by atoms with Gasteiger partial charge in [-0.05, 0) is 49.1 Å². The van der Waals surface area contributed by atoms with Crippen LogP contribution in [0.5, 0.6) is 0 Å². The summed E-state index contributed by atoms with van der Waals surface area (Å²) in [4.78, 5) is 36.6. The third kappa shape index (κ3) is 4.60. The van der Waals surface area contributed by atoms with Gasteiger partial charge in [0, 0.05) is 24.0 Å². The van der Waals surface area contributed by atoms with Crippen LogP contribution in [0.1, 0.15) is 58.9 Å². The Labute approximate surface area is 206 Å². The molecular weight excluding hydrogens is 502 g/mol. The van der Waals surface area contributed by atoms with Crippen LogP contribution in [0.2, 0.25) is 0 Å². The average molecular weight is 522 g/mol. The Morgan fingerprint density at radius 1 is 0.919 bits per heavy atom. The number of likely N-dealkylation sites (tertiary alicyclic amines) is 1. The van der Waals surface area contributed by atoms with Gasteiger partial charge >= 0.3 is 12.4 Å². The Morgan fingerprint density at radius 3 is 2.30 bits per heavy atom. The predicted molar refractivity (Wildman–Crippen MR) is 121 cm³/mol. The van der Waals surface area contributed by atoms with Crippen molar-refractivity contribution in [3.63, 3.8) is 0 Å². The summed E-state index contributed by atoms with van der Waals surface area (Å²) in [6, 6.07) is 7.75. The molecule has 5 rings (SSSR count). The molecule has 6 nitrogen and oxygen atoms in total. The van der Waals surface area contributed by atoms with Gasteiger partial charge in [-0.1, -0.05) is 18.2 Å². The van der Waals surface area contributed by atoms with Crippen molar-refractivity contribution in [2.75, 3.05) is 18.0 Å². The van der Waals surface area contributed by atoms with Crippen LogP contribution < -0.4 is 4.90 Å². The van der Waals surface area contributed by atoms with E-state index in [-0.39, 0.29) is 29.8 Å². The molecule has 1 aromatic carbocycles. The summed E-state index contributed by atoms with van der Waals surface area (Å²) in [6.45, 7) is 1.17. The van der Waals surface area contributed by atoms with Crippen molar-refractivity contribution in [2.45, 2.75) is 44.1 Å². The molecule has 0 N–H and O–H groups in total. The fraction of sp³-hybridized carbons (Fsp3) is 0.360. The maximum atomic E-state index is 13.6. The van der Waals surface area contributed by atoms with E-state index < -0.39 is 46.6 Å². The summed E-state index contributed by atoms with van der Waals surface area (Å²) in [7, 11) is 0. The minimum absolute atomic E-state index is 0.0549. The van der Waals surface area contributed by atoms with Crippen LogP contribution >= 0.6 is 0 Å². The Hall–Kier alpha value is -3.70. The normalized spacial score (nSPS) is 18.4. The van der Waals surface area contributed by atoms with E-state index in [1.165, 1.54) is 0 Å². The maximum absolute atomic E-state index is 13.6. The number of carbonyl (C=O) groups is 2. The summed E-state index contributed by atoms with van der Waals surface area (Å²) < 4.78 is 80.8. The number of anilines is 1. The molecule has 0 aliphatic carbocycles. The Bertz CT molecular complexity index is 1380. The molecule has 1 fully saturated rings. The SMILES string of the molecule is O=C(CC1c2ccccc2C(=O)N1c1ccc2c(C(F)(F)F)cc(C(F)(F)F)nc2n1)N1CCCCC1. The predicted octanol–water partition coefficient (Wildman–Crippen LogP) is 5.77. The molecule has 2 aliphatic rings. The van der Waals surface area contributed by atoms with Crippen molar-refractivity contribution in [1.29, 1.82) is 0 Å². The first-order chi connectivity index (χ1) is 17.4. The first-order valence-corrected chi connectivity index (χ1v) is 11.6. The topological polar surface area (TPSA) is 66.4 Å². The van der Waals surface area contributed by atoms with Crippen LogP contribution in [0.15, 0.2) is 42.5 Å². The Morgan fingerprint density at radius 2 is 1.62 bits per heavy atom. The number of halogens is 6. The van der Waals surface area contributed by atoms with Crippen LogP contribution in [0.4, 0.5) is 32.2 Å². The molecule has 1 unspecified atom stereocenters. The molecule has 1 atom stereocenters. The van der Waals surface area contributed by atoms with Crippen molar-refractivity contribution >= 4 is 28.7 Å². The Kier molecular flexibility index (Phi) is 6.07. The number of hydrogen-bond donors (Lipinski definition) is 0. The summed E-state index contributed by atoms with van der Waals surface area (Å²) in [5.74, 6) is -0.941. The lowest BCUT2D eigenvalue weighted by Gasteiger charge is -2.30. The monoisotopic (exact) mass is 522 g/mol. The number of hydrogen-bond acceptors (Lipinski definition) is 4. The van der Waals surface area contributed by atoms with Crippen LogP contribution in [0.3, 0.4) is 0 Å². The second kappa shape index (κ2) is 9.00. The first kappa shape index (κ1) is 25.0. The zero-order valence-electron chi connectivity index (χ0n) is 19.2. The highest BCUT2D eigenvalue weighted by molar-refractivity contribution is 6.11. The molecule has 0 saturated carbocycles. The lowest BCUT2D eigenvalue weighted by atomic mass is 10.0. The number of nitrogens with zero attached hydrogens (tertiary/aromatic N) is 4. The first-order valence-electron chi connectivity index (χ1n) is 11.6. The van der Waals surface area contributed by atoms with Crippen molar-refractivity contribution < 1.29 is 35.9 Å². The van der Waals surface area contributed by atoms with Gasteiger partial charge in [-0.25, -0.2) is 9.97 Å². The molecule has 2 aliphatic heterocycles. The molecule has 4 heterocycles. The second-order valence-corrected chi connectivity index (χ2v) is 9.01. The van der Waals surface area contributed by atoms with Crippen LogP contribution in [-0.2, 0) is 17.1 Å². The molecule has 0 radical (unpaired) electrons. The van der Waals surface area contributed by atoms with E-state index in [2.05, 4.69) is 9.97 Å². The molecule has 1 saturated heterocycles. The molecule has 2 amide bonds. The lowest BCUT2D eigenvalue weighted by Crippen LogP contribution is -2.38. The highest BCUT2D eigenvalue weighted by Crippen LogP contribution is 2.42. The van der Waals surface area contributed by atoms with Gasteiger partial charge in [-0.15, -0.1) is 0 Å². The highest BCUT2D eigenvalue weighted by Gasteiger charge is 2.42. The minimum Gasteiger partial charge on any atom is -0.343 e. The van der Waals surface area contributed by atoms with Gasteiger partial charge in [0.25, 0.3) is 5.91 Å². The van der Waals surface area contributed by atoms with Gasteiger partial charge in [-0.3, -0.25) is 14.5 Å². The summed E-state index contributed by atoms with van der Waals surface area (Å²) in [5, 5.41) is -0.630. The van der Waals surface area contributed by atoms with Crippen molar-refractivity contribution in [2.24, 2.45) is 0 Å². The number of amides is 2. The zero-order valence-corrected chi connectivity index (χ0v) is 19.2. The molecule has 0 bridgehead atoms. The van der Waals surface area contributed by atoms with Crippen LogP contribution in [0, 0.1) is 0 Å². The summed E-state index contributed by atoms with van der Waals surface area (Å²) in [5.41, 5.74) is -3.26. The van der Waals surface area contributed by atoms with Gasteiger partial charge in [0.2, 0.25) is 5.91 Å². The molecule has 0 spiro atoms. The number of piperidine rings is 1. The number of aromatic nitrogens is 2.